The molecule has 0 atom stereocenters. The Labute approximate surface area is 144 Å². The summed E-state index contributed by atoms with van der Waals surface area (Å²) in [4.78, 5) is 0.385. The van der Waals surface area contributed by atoms with Gasteiger partial charge in [-0.25, -0.2) is 8.42 Å². The molecule has 0 saturated carbocycles. The van der Waals surface area contributed by atoms with Gasteiger partial charge in [0.25, 0.3) is 0 Å². The van der Waals surface area contributed by atoms with Gasteiger partial charge in [0.05, 0.1) is 11.0 Å². The van der Waals surface area contributed by atoms with Gasteiger partial charge >= 0.3 is 0 Å². The van der Waals surface area contributed by atoms with Crippen molar-refractivity contribution in [3.05, 3.63) is 36.4 Å². The Morgan fingerprint density at radius 2 is 1.54 bits per heavy atom. The van der Waals surface area contributed by atoms with Crippen molar-refractivity contribution in [3.63, 3.8) is 0 Å². The second-order valence-corrected chi connectivity index (χ2v) is 8.50. The molecule has 0 bridgehead atoms. The van der Waals surface area contributed by atoms with Gasteiger partial charge in [0.15, 0.2) is 0 Å². The zero-order valence-corrected chi connectivity index (χ0v) is 15.2. The summed E-state index contributed by atoms with van der Waals surface area (Å²) < 4.78 is 33.8. The fraction of sp³-hybridized carbons (Fsp3) is 0.474. The summed E-state index contributed by atoms with van der Waals surface area (Å²) in [6, 6.07) is 11.1. The minimum absolute atomic E-state index is 0.0430. The number of ether oxygens (including phenoxy) is 1. The number of hydrogen-bond donors (Lipinski definition) is 0. The van der Waals surface area contributed by atoms with Crippen molar-refractivity contribution >= 4 is 20.8 Å². The summed E-state index contributed by atoms with van der Waals surface area (Å²) >= 11 is 0. The summed E-state index contributed by atoms with van der Waals surface area (Å²) in [5.41, 5.74) is 0. The van der Waals surface area contributed by atoms with Gasteiger partial charge in [-0.2, -0.15) is 4.31 Å². The Kier molecular flexibility index (Phi) is 5.11. The summed E-state index contributed by atoms with van der Waals surface area (Å²) in [5, 5.41) is 1.59. The molecule has 0 N–H and O–H groups in total. The zero-order valence-electron chi connectivity index (χ0n) is 14.4. The highest BCUT2D eigenvalue weighted by Crippen LogP contribution is 2.33. The van der Waals surface area contributed by atoms with E-state index in [9.17, 15) is 8.42 Å². The molecule has 24 heavy (non-hydrogen) atoms. The average molecular weight is 347 g/mol. The Morgan fingerprint density at radius 3 is 2.17 bits per heavy atom. The highest BCUT2D eigenvalue weighted by atomic mass is 32.2. The van der Waals surface area contributed by atoms with E-state index in [1.807, 2.05) is 38.1 Å². The monoisotopic (exact) mass is 347 g/mol. The van der Waals surface area contributed by atoms with Crippen molar-refractivity contribution in [1.29, 1.82) is 0 Å². The van der Waals surface area contributed by atoms with E-state index in [2.05, 4.69) is 0 Å². The standard InChI is InChI=1S/C19H25NO3S/c1-15(2)23-18-11-12-19(17-10-6-5-9-16(17)18)24(21,22)20-13-7-3-4-8-14-20/h5-6,9-12,15H,3-4,7-8,13-14H2,1-2H3. The van der Waals surface area contributed by atoms with Crippen LogP contribution in [0, 0.1) is 0 Å². The highest BCUT2D eigenvalue weighted by molar-refractivity contribution is 7.89. The molecule has 0 aliphatic carbocycles. The fourth-order valence-electron chi connectivity index (χ4n) is 3.25. The van der Waals surface area contributed by atoms with Gasteiger partial charge in [-0.15, -0.1) is 0 Å². The molecular weight excluding hydrogens is 322 g/mol. The van der Waals surface area contributed by atoms with Crippen LogP contribution in [0.2, 0.25) is 0 Å². The summed E-state index contributed by atoms with van der Waals surface area (Å²) in [5.74, 6) is 0.732. The molecule has 1 fully saturated rings. The van der Waals surface area contributed by atoms with Crippen LogP contribution < -0.4 is 4.74 Å². The summed E-state index contributed by atoms with van der Waals surface area (Å²) in [7, 11) is -3.48. The van der Waals surface area contributed by atoms with E-state index >= 15 is 0 Å². The zero-order chi connectivity index (χ0) is 17.2. The Bertz CT molecular complexity index is 806. The van der Waals surface area contributed by atoms with E-state index in [-0.39, 0.29) is 6.10 Å². The maximum absolute atomic E-state index is 13.2. The molecule has 2 aromatic carbocycles. The van der Waals surface area contributed by atoms with Crippen molar-refractivity contribution in [2.45, 2.75) is 50.5 Å². The molecule has 3 rings (SSSR count). The number of nitrogens with zero attached hydrogens (tertiary/aromatic N) is 1. The van der Waals surface area contributed by atoms with Crippen molar-refractivity contribution in [3.8, 4) is 5.75 Å². The van der Waals surface area contributed by atoms with Crippen molar-refractivity contribution in [2.24, 2.45) is 0 Å². The Morgan fingerprint density at radius 1 is 0.917 bits per heavy atom. The smallest absolute Gasteiger partial charge is 0.243 e. The molecule has 5 heteroatoms. The lowest BCUT2D eigenvalue weighted by molar-refractivity contribution is 0.245. The van der Waals surface area contributed by atoms with Crippen LogP contribution >= 0.6 is 0 Å². The topological polar surface area (TPSA) is 46.6 Å². The van der Waals surface area contributed by atoms with Crippen molar-refractivity contribution in [2.75, 3.05) is 13.1 Å². The van der Waals surface area contributed by atoms with Gasteiger partial charge in [0, 0.05) is 23.9 Å². The molecule has 4 nitrogen and oxygen atoms in total. The second kappa shape index (κ2) is 7.11. The van der Waals surface area contributed by atoms with Crippen LogP contribution in [0.3, 0.4) is 0 Å². The van der Waals surface area contributed by atoms with Gasteiger partial charge < -0.3 is 4.74 Å². The third kappa shape index (κ3) is 3.42. The molecular formula is C19H25NO3S. The summed E-state index contributed by atoms with van der Waals surface area (Å²) in [6.07, 6.45) is 4.13. The number of hydrogen-bond acceptors (Lipinski definition) is 3. The van der Waals surface area contributed by atoms with E-state index in [0.29, 0.717) is 18.0 Å². The summed E-state index contributed by atoms with van der Waals surface area (Å²) in [6.45, 7) is 5.16. The molecule has 1 aliphatic rings. The van der Waals surface area contributed by atoms with Crippen LogP contribution in [0.1, 0.15) is 39.5 Å². The first-order valence-electron chi connectivity index (χ1n) is 8.69. The van der Waals surface area contributed by atoms with Crippen LogP contribution in [0.5, 0.6) is 5.75 Å². The van der Waals surface area contributed by atoms with E-state index in [0.717, 1.165) is 42.2 Å². The predicted molar refractivity (Wildman–Crippen MR) is 96.9 cm³/mol. The average Bonchev–Trinajstić information content (AvgIpc) is 2.84. The van der Waals surface area contributed by atoms with Gasteiger partial charge in [-0.3, -0.25) is 0 Å². The predicted octanol–water partition coefficient (Wildman–Crippen LogP) is 4.19. The first-order chi connectivity index (χ1) is 11.5. The van der Waals surface area contributed by atoms with Crippen LogP contribution in [-0.4, -0.2) is 31.9 Å². The number of sulfonamides is 1. The van der Waals surface area contributed by atoms with Gasteiger partial charge in [0.1, 0.15) is 5.75 Å². The molecule has 1 heterocycles. The van der Waals surface area contributed by atoms with E-state index in [4.69, 9.17) is 4.74 Å². The second-order valence-electron chi connectivity index (χ2n) is 6.59. The van der Waals surface area contributed by atoms with E-state index in [1.165, 1.54) is 0 Å². The Balaban J connectivity index is 2.09. The minimum Gasteiger partial charge on any atom is -0.490 e. The van der Waals surface area contributed by atoms with Gasteiger partial charge in [-0.1, -0.05) is 37.1 Å². The maximum atomic E-state index is 13.2. The molecule has 130 valence electrons. The van der Waals surface area contributed by atoms with Gasteiger partial charge in [-0.05, 0) is 38.8 Å². The lowest BCUT2D eigenvalue weighted by Gasteiger charge is -2.22. The normalized spacial score (nSPS) is 17.1. The number of fused-ring (bicyclic) bond motifs is 1. The van der Waals surface area contributed by atoms with Crippen molar-refractivity contribution < 1.29 is 13.2 Å². The Hall–Kier alpha value is -1.59. The van der Waals surface area contributed by atoms with Gasteiger partial charge in [0.2, 0.25) is 10.0 Å². The highest BCUT2D eigenvalue weighted by Gasteiger charge is 2.27. The molecule has 2 aromatic rings. The molecule has 0 unspecified atom stereocenters. The minimum atomic E-state index is -3.48. The number of benzene rings is 2. The molecule has 0 aromatic heterocycles. The first-order valence-corrected chi connectivity index (χ1v) is 10.1. The van der Waals surface area contributed by atoms with Crippen LogP contribution in [0.4, 0.5) is 0 Å². The van der Waals surface area contributed by atoms with Crippen LogP contribution in [0.15, 0.2) is 41.3 Å². The quantitative estimate of drug-likeness (QED) is 0.833. The SMILES string of the molecule is CC(C)Oc1ccc(S(=O)(=O)N2CCCCCC2)c2ccccc12. The van der Waals surface area contributed by atoms with E-state index in [1.54, 1.807) is 16.4 Å². The third-order valence-corrected chi connectivity index (χ3v) is 6.35. The van der Waals surface area contributed by atoms with Crippen LogP contribution in [0.25, 0.3) is 10.8 Å². The van der Waals surface area contributed by atoms with Crippen molar-refractivity contribution in [1.82, 2.24) is 4.31 Å². The number of rotatable bonds is 4. The van der Waals surface area contributed by atoms with E-state index < -0.39 is 10.0 Å². The lowest BCUT2D eigenvalue weighted by atomic mass is 10.1. The largest absolute Gasteiger partial charge is 0.490 e. The first kappa shape index (κ1) is 17.2. The molecule has 0 radical (unpaired) electrons. The maximum Gasteiger partial charge on any atom is 0.243 e. The molecule has 0 amide bonds. The lowest BCUT2D eigenvalue weighted by Crippen LogP contribution is -2.32. The molecule has 0 spiro atoms. The third-order valence-electron chi connectivity index (χ3n) is 4.39. The molecule has 1 saturated heterocycles. The fourth-order valence-corrected chi connectivity index (χ4v) is 4.96. The van der Waals surface area contributed by atoms with Crippen LogP contribution in [-0.2, 0) is 10.0 Å². The molecule has 1 aliphatic heterocycles.